The molecule has 0 radical (unpaired) electrons. The van der Waals surface area contributed by atoms with Gasteiger partial charge in [-0.1, -0.05) is 32.9 Å². The molecule has 0 saturated heterocycles. The van der Waals surface area contributed by atoms with Crippen LogP contribution in [0, 0.1) is 11.3 Å². The third kappa shape index (κ3) is 3.44. The Morgan fingerprint density at radius 1 is 1.36 bits per heavy atom. The highest BCUT2D eigenvalue weighted by Gasteiger charge is 2.47. The number of Topliss-reactive ketones (excluding diaryl/α,β-unsaturated/α-hetero) is 1. The smallest absolute Gasteiger partial charge is 0.316 e. The zero-order valence-electron chi connectivity index (χ0n) is 16.6. The predicted octanol–water partition coefficient (Wildman–Crippen LogP) is 4.04. The molecular formula is C21H25N3O4. The van der Waals surface area contributed by atoms with E-state index in [1.807, 2.05) is 45.0 Å². The lowest BCUT2D eigenvalue weighted by Crippen LogP contribution is -2.41. The van der Waals surface area contributed by atoms with Crippen LogP contribution in [0.15, 0.2) is 40.6 Å². The first-order valence-corrected chi connectivity index (χ1v) is 9.35. The van der Waals surface area contributed by atoms with Crippen molar-refractivity contribution in [3.63, 3.8) is 0 Å². The fourth-order valence-corrected chi connectivity index (χ4v) is 3.75. The molecule has 1 aromatic heterocycles. The summed E-state index contributed by atoms with van der Waals surface area (Å²) in [5.74, 6) is -1.52. The molecule has 2 aromatic rings. The number of ether oxygens (including phenoxy) is 1. The summed E-state index contributed by atoms with van der Waals surface area (Å²) in [5.41, 5.74) is 0.721. The Morgan fingerprint density at radius 3 is 2.75 bits per heavy atom. The fourth-order valence-electron chi connectivity index (χ4n) is 3.75. The second-order valence-electron chi connectivity index (χ2n) is 7.71. The van der Waals surface area contributed by atoms with E-state index in [0.29, 0.717) is 24.4 Å². The van der Waals surface area contributed by atoms with E-state index in [2.05, 4.69) is 15.2 Å². The van der Waals surface area contributed by atoms with Gasteiger partial charge < -0.3 is 9.84 Å². The maximum Gasteiger partial charge on any atom is 0.316 e. The molecule has 28 heavy (non-hydrogen) atoms. The Balaban J connectivity index is 2.19. The van der Waals surface area contributed by atoms with Crippen LogP contribution in [0.3, 0.4) is 0 Å². The van der Waals surface area contributed by atoms with Crippen LogP contribution in [0.5, 0.6) is 0 Å². The van der Waals surface area contributed by atoms with Gasteiger partial charge in [0.25, 0.3) is 0 Å². The molecule has 3 rings (SSSR count). The maximum atomic E-state index is 12.8. The number of benzene rings is 1. The summed E-state index contributed by atoms with van der Waals surface area (Å²) >= 11 is 0. The molecule has 1 atom stereocenters. The number of para-hydroxylation sites is 1. The number of hydrogen-bond donors (Lipinski definition) is 2. The number of carbonyl (C=O) groups is 2. The molecule has 0 spiro atoms. The maximum absolute atomic E-state index is 12.8. The number of aliphatic imine (C=N–C) groups is 1. The second kappa shape index (κ2) is 7.58. The topological polar surface area (TPSA) is 105 Å². The number of nitrogens with one attached hydrogen (secondary N) is 1. The van der Waals surface area contributed by atoms with E-state index < -0.39 is 17.3 Å². The van der Waals surface area contributed by atoms with Gasteiger partial charge in [-0.25, -0.2) is 4.99 Å². The fraction of sp³-hybridized carbons (Fsp3) is 0.429. The van der Waals surface area contributed by atoms with E-state index >= 15 is 0 Å². The van der Waals surface area contributed by atoms with Crippen LogP contribution in [0.25, 0.3) is 10.9 Å². The SMILES string of the molecule is CCCC(=O)C1=C(O)C(C(=O)OC)C(C)(C)CC1=Nc1n[nH]c2ccccc12. The van der Waals surface area contributed by atoms with Gasteiger partial charge in [0, 0.05) is 11.8 Å². The van der Waals surface area contributed by atoms with Crippen molar-refractivity contribution >= 4 is 34.2 Å². The van der Waals surface area contributed by atoms with Crippen molar-refractivity contribution in [2.45, 2.75) is 40.0 Å². The summed E-state index contributed by atoms with van der Waals surface area (Å²) in [5, 5.41) is 18.9. The lowest BCUT2D eigenvalue weighted by molar-refractivity contribution is -0.149. The number of hydrogen-bond acceptors (Lipinski definition) is 6. The Labute approximate surface area is 163 Å². The Kier molecular flexibility index (Phi) is 5.36. The summed E-state index contributed by atoms with van der Waals surface area (Å²) in [6.45, 7) is 5.59. The monoisotopic (exact) mass is 383 g/mol. The van der Waals surface area contributed by atoms with Gasteiger partial charge in [-0.15, -0.1) is 0 Å². The number of H-pyrrole nitrogens is 1. The Morgan fingerprint density at radius 2 is 2.07 bits per heavy atom. The van der Waals surface area contributed by atoms with Crippen molar-refractivity contribution in [1.29, 1.82) is 0 Å². The highest BCUT2D eigenvalue weighted by molar-refractivity contribution is 6.24. The van der Waals surface area contributed by atoms with Gasteiger partial charge in [0.05, 0.1) is 23.9 Å². The van der Waals surface area contributed by atoms with Crippen LogP contribution >= 0.6 is 0 Å². The number of methoxy groups -OCH3 is 1. The van der Waals surface area contributed by atoms with Gasteiger partial charge in [-0.3, -0.25) is 14.7 Å². The molecule has 0 amide bonds. The van der Waals surface area contributed by atoms with Crippen LogP contribution < -0.4 is 0 Å². The molecule has 1 aliphatic carbocycles. The molecule has 1 aromatic carbocycles. The van der Waals surface area contributed by atoms with Gasteiger partial charge in [-0.2, -0.15) is 5.10 Å². The van der Waals surface area contributed by atoms with Crippen molar-refractivity contribution in [2.24, 2.45) is 16.3 Å². The van der Waals surface area contributed by atoms with E-state index in [-0.39, 0.29) is 23.5 Å². The lowest BCUT2D eigenvalue weighted by Gasteiger charge is -2.37. The van der Waals surface area contributed by atoms with Crippen molar-refractivity contribution < 1.29 is 19.4 Å². The third-order valence-electron chi connectivity index (χ3n) is 5.11. The van der Waals surface area contributed by atoms with Gasteiger partial charge >= 0.3 is 5.97 Å². The van der Waals surface area contributed by atoms with Crippen LogP contribution in [0.2, 0.25) is 0 Å². The normalized spacial score (nSPS) is 20.6. The highest BCUT2D eigenvalue weighted by Crippen LogP contribution is 2.43. The Hall–Kier alpha value is -2.96. The molecule has 0 saturated carbocycles. The van der Waals surface area contributed by atoms with Gasteiger partial charge in [0.1, 0.15) is 11.7 Å². The summed E-state index contributed by atoms with van der Waals surface area (Å²) in [4.78, 5) is 29.8. The number of fused-ring (bicyclic) bond motifs is 1. The molecule has 148 valence electrons. The summed E-state index contributed by atoms with van der Waals surface area (Å²) in [6.07, 6.45) is 1.22. The lowest BCUT2D eigenvalue weighted by atomic mass is 9.67. The first kappa shape index (κ1) is 19.8. The van der Waals surface area contributed by atoms with E-state index in [0.717, 1.165) is 10.9 Å². The number of esters is 1. The molecule has 0 aliphatic heterocycles. The molecule has 1 heterocycles. The van der Waals surface area contributed by atoms with E-state index in [1.54, 1.807) is 0 Å². The minimum Gasteiger partial charge on any atom is -0.511 e. The average molecular weight is 383 g/mol. The number of aromatic nitrogens is 2. The predicted molar refractivity (Wildman–Crippen MR) is 107 cm³/mol. The number of carbonyl (C=O) groups excluding carboxylic acids is 2. The van der Waals surface area contributed by atoms with Crippen LogP contribution in [0.4, 0.5) is 5.82 Å². The quantitative estimate of drug-likeness (QED) is 0.758. The summed E-state index contributed by atoms with van der Waals surface area (Å²) < 4.78 is 4.88. The molecule has 0 bridgehead atoms. The number of aromatic amines is 1. The molecule has 1 unspecified atom stereocenters. The largest absolute Gasteiger partial charge is 0.511 e. The molecule has 0 fully saturated rings. The van der Waals surface area contributed by atoms with E-state index in [1.165, 1.54) is 7.11 Å². The molecule has 7 nitrogen and oxygen atoms in total. The summed E-state index contributed by atoms with van der Waals surface area (Å²) in [7, 11) is 1.28. The standard InChI is InChI=1S/C21H25N3O4/c1-5-8-15(25)16-14(11-21(2,3)17(18(16)26)20(27)28-4)22-19-12-9-6-7-10-13(12)23-24-19/h6-7,9-10,17,26H,5,8,11H2,1-4H3,(H,23,24). The third-order valence-corrected chi connectivity index (χ3v) is 5.11. The summed E-state index contributed by atoms with van der Waals surface area (Å²) in [6, 6.07) is 7.56. The number of nitrogens with zero attached hydrogens (tertiary/aromatic N) is 2. The Bertz CT molecular complexity index is 984. The van der Waals surface area contributed by atoms with E-state index in [4.69, 9.17) is 4.74 Å². The van der Waals surface area contributed by atoms with Crippen LogP contribution in [0.1, 0.15) is 40.0 Å². The number of aliphatic hydroxyl groups is 1. The second-order valence-corrected chi connectivity index (χ2v) is 7.71. The van der Waals surface area contributed by atoms with Crippen molar-refractivity contribution in [1.82, 2.24) is 10.2 Å². The molecular weight excluding hydrogens is 358 g/mol. The van der Waals surface area contributed by atoms with Crippen molar-refractivity contribution in [3.8, 4) is 0 Å². The minimum absolute atomic E-state index is 0.114. The number of ketones is 1. The first-order chi connectivity index (χ1) is 13.3. The zero-order chi connectivity index (χ0) is 20.5. The average Bonchev–Trinajstić information content (AvgIpc) is 3.04. The van der Waals surface area contributed by atoms with Gasteiger partial charge in [-0.05, 0) is 30.4 Å². The van der Waals surface area contributed by atoms with Crippen molar-refractivity contribution in [2.75, 3.05) is 7.11 Å². The minimum atomic E-state index is -0.914. The van der Waals surface area contributed by atoms with Crippen molar-refractivity contribution in [3.05, 3.63) is 35.6 Å². The zero-order valence-corrected chi connectivity index (χ0v) is 16.6. The number of aliphatic hydroxyl groups excluding tert-OH is 1. The van der Waals surface area contributed by atoms with E-state index in [9.17, 15) is 14.7 Å². The van der Waals surface area contributed by atoms with Crippen LogP contribution in [-0.2, 0) is 14.3 Å². The van der Waals surface area contributed by atoms with Crippen LogP contribution in [-0.4, -0.2) is 39.9 Å². The number of rotatable bonds is 5. The molecule has 2 N–H and O–H groups in total. The molecule has 1 aliphatic rings. The van der Waals surface area contributed by atoms with Gasteiger partial charge in [0.15, 0.2) is 11.6 Å². The molecule has 7 heteroatoms. The number of allylic oxidation sites excluding steroid dienone is 1. The first-order valence-electron chi connectivity index (χ1n) is 9.35. The highest BCUT2D eigenvalue weighted by atomic mass is 16.5. The van der Waals surface area contributed by atoms with Gasteiger partial charge in [0.2, 0.25) is 0 Å².